The maximum Gasteiger partial charge on any atom is 0.193 e. The molecule has 4 nitrogen and oxygen atoms in total. The van der Waals surface area contributed by atoms with Crippen LogP contribution in [0.1, 0.15) is 34.3 Å². The molecule has 0 fully saturated rings. The van der Waals surface area contributed by atoms with Gasteiger partial charge in [0.15, 0.2) is 5.78 Å². The van der Waals surface area contributed by atoms with Crippen LogP contribution in [0.4, 0.5) is 10.2 Å². The molecule has 1 unspecified atom stereocenters. The summed E-state index contributed by atoms with van der Waals surface area (Å²) in [5.41, 5.74) is 3.85. The Labute approximate surface area is 180 Å². The average molecular weight is 411 g/mol. The van der Waals surface area contributed by atoms with E-state index in [1.807, 2.05) is 60.7 Å². The molecule has 154 valence electrons. The molecule has 1 heterocycles. The SMILES string of the molecule is CC(CNc1ccc(-c2cccc(C(=O)c3ccccc3)c2)nn1)c1ccc(F)cc1. The Kier molecular flexibility index (Phi) is 6.13. The van der Waals surface area contributed by atoms with E-state index in [0.29, 0.717) is 29.2 Å². The number of carbonyl (C=O) groups excluding carboxylic acids is 1. The number of nitrogens with zero attached hydrogens (tertiary/aromatic N) is 2. The summed E-state index contributed by atoms with van der Waals surface area (Å²) in [5, 5.41) is 11.8. The van der Waals surface area contributed by atoms with Gasteiger partial charge >= 0.3 is 0 Å². The Balaban J connectivity index is 1.43. The molecule has 0 aliphatic heterocycles. The van der Waals surface area contributed by atoms with E-state index in [2.05, 4.69) is 22.4 Å². The summed E-state index contributed by atoms with van der Waals surface area (Å²) < 4.78 is 13.1. The molecule has 4 rings (SSSR count). The Morgan fingerprint density at radius 2 is 1.61 bits per heavy atom. The van der Waals surface area contributed by atoms with Crippen molar-refractivity contribution in [1.29, 1.82) is 0 Å². The van der Waals surface area contributed by atoms with Crippen molar-refractivity contribution in [2.45, 2.75) is 12.8 Å². The number of rotatable bonds is 7. The lowest BCUT2D eigenvalue weighted by atomic mass is 10.0. The van der Waals surface area contributed by atoms with Crippen molar-refractivity contribution in [3.63, 3.8) is 0 Å². The highest BCUT2D eigenvalue weighted by atomic mass is 19.1. The van der Waals surface area contributed by atoms with Crippen molar-refractivity contribution in [2.75, 3.05) is 11.9 Å². The van der Waals surface area contributed by atoms with E-state index in [1.165, 1.54) is 12.1 Å². The Hall–Kier alpha value is -3.86. The molecule has 0 aliphatic carbocycles. The van der Waals surface area contributed by atoms with Crippen molar-refractivity contribution in [3.05, 3.63) is 114 Å². The summed E-state index contributed by atoms with van der Waals surface area (Å²) >= 11 is 0. The average Bonchev–Trinajstić information content (AvgIpc) is 2.83. The molecule has 0 saturated carbocycles. The van der Waals surface area contributed by atoms with Gasteiger partial charge in [-0.25, -0.2) is 4.39 Å². The first kappa shape index (κ1) is 20.4. The van der Waals surface area contributed by atoms with Crippen molar-refractivity contribution >= 4 is 11.6 Å². The van der Waals surface area contributed by atoms with Gasteiger partial charge in [-0.2, -0.15) is 0 Å². The molecule has 0 spiro atoms. The summed E-state index contributed by atoms with van der Waals surface area (Å²) in [6, 6.07) is 26.9. The zero-order valence-electron chi connectivity index (χ0n) is 17.1. The van der Waals surface area contributed by atoms with Gasteiger partial charge in [-0.3, -0.25) is 4.79 Å². The topological polar surface area (TPSA) is 54.9 Å². The molecule has 0 amide bonds. The molecule has 1 atom stereocenters. The van der Waals surface area contributed by atoms with Crippen LogP contribution in [0.25, 0.3) is 11.3 Å². The van der Waals surface area contributed by atoms with E-state index < -0.39 is 0 Å². The van der Waals surface area contributed by atoms with Crippen molar-refractivity contribution in [3.8, 4) is 11.3 Å². The summed E-state index contributed by atoms with van der Waals surface area (Å²) in [5.74, 6) is 0.598. The smallest absolute Gasteiger partial charge is 0.193 e. The van der Waals surface area contributed by atoms with Gasteiger partial charge in [-0.05, 0) is 41.8 Å². The van der Waals surface area contributed by atoms with Gasteiger partial charge in [0.25, 0.3) is 0 Å². The molecule has 4 aromatic rings. The number of aromatic nitrogens is 2. The van der Waals surface area contributed by atoms with E-state index in [9.17, 15) is 9.18 Å². The van der Waals surface area contributed by atoms with E-state index in [1.54, 1.807) is 18.2 Å². The molecule has 3 aromatic carbocycles. The number of anilines is 1. The minimum Gasteiger partial charge on any atom is -0.368 e. The van der Waals surface area contributed by atoms with Crippen LogP contribution in [0.3, 0.4) is 0 Å². The number of hydrogen-bond acceptors (Lipinski definition) is 4. The Morgan fingerprint density at radius 1 is 0.871 bits per heavy atom. The lowest BCUT2D eigenvalue weighted by molar-refractivity contribution is 0.103. The van der Waals surface area contributed by atoms with Gasteiger partial charge in [-0.15, -0.1) is 10.2 Å². The quantitative estimate of drug-likeness (QED) is 0.395. The third-order valence-electron chi connectivity index (χ3n) is 5.15. The summed E-state index contributed by atoms with van der Waals surface area (Å²) in [6.07, 6.45) is 0. The summed E-state index contributed by atoms with van der Waals surface area (Å²) in [6.45, 7) is 2.72. The van der Waals surface area contributed by atoms with Crippen molar-refractivity contribution in [1.82, 2.24) is 10.2 Å². The maximum atomic E-state index is 13.1. The standard InChI is InChI=1S/C26H22FN3O/c1-18(19-10-12-23(27)13-11-19)17-28-25-15-14-24(29-30-25)21-8-5-9-22(16-21)26(31)20-6-3-2-4-7-20/h2-16,18H,17H2,1H3,(H,28,30). The molecule has 31 heavy (non-hydrogen) atoms. The van der Waals surface area contributed by atoms with Crippen LogP contribution >= 0.6 is 0 Å². The molecular formula is C26H22FN3O. The van der Waals surface area contributed by atoms with Crippen molar-refractivity contribution in [2.24, 2.45) is 0 Å². The summed E-state index contributed by atoms with van der Waals surface area (Å²) in [4.78, 5) is 12.7. The number of benzene rings is 3. The highest BCUT2D eigenvalue weighted by Crippen LogP contribution is 2.21. The Morgan fingerprint density at radius 3 is 2.32 bits per heavy atom. The minimum atomic E-state index is -0.236. The van der Waals surface area contributed by atoms with Gasteiger partial charge in [0.2, 0.25) is 0 Å². The van der Waals surface area contributed by atoms with Crippen LogP contribution in [0.5, 0.6) is 0 Å². The van der Waals surface area contributed by atoms with E-state index >= 15 is 0 Å². The van der Waals surface area contributed by atoms with Gasteiger partial charge in [0, 0.05) is 23.2 Å². The predicted octanol–water partition coefficient (Wildman–Crippen LogP) is 5.73. The zero-order chi connectivity index (χ0) is 21.6. The van der Waals surface area contributed by atoms with Gasteiger partial charge in [0.05, 0.1) is 5.69 Å². The van der Waals surface area contributed by atoms with E-state index in [-0.39, 0.29) is 17.5 Å². The second-order valence-electron chi connectivity index (χ2n) is 7.41. The van der Waals surface area contributed by atoms with E-state index in [0.717, 1.165) is 11.1 Å². The molecule has 1 N–H and O–H groups in total. The highest BCUT2D eigenvalue weighted by molar-refractivity contribution is 6.09. The molecule has 0 bridgehead atoms. The number of hydrogen-bond donors (Lipinski definition) is 1. The number of carbonyl (C=O) groups is 1. The van der Waals surface area contributed by atoms with Crippen LogP contribution in [0.2, 0.25) is 0 Å². The Bertz CT molecular complexity index is 1160. The molecule has 0 aliphatic rings. The monoisotopic (exact) mass is 411 g/mol. The first-order valence-electron chi connectivity index (χ1n) is 10.1. The van der Waals surface area contributed by atoms with Crippen LogP contribution in [-0.2, 0) is 0 Å². The number of nitrogens with one attached hydrogen (secondary N) is 1. The number of ketones is 1. The highest BCUT2D eigenvalue weighted by Gasteiger charge is 2.11. The lowest BCUT2D eigenvalue weighted by Gasteiger charge is -2.13. The van der Waals surface area contributed by atoms with Crippen LogP contribution in [0.15, 0.2) is 91.0 Å². The third-order valence-corrected chi connectivity index (χ3v) is 5.15. The second kappa shape index (κ2) is 9.30. The fourth-order valence-corrected chi connectivity index (χ4v) is 3.32. The fraction of sp³-hybridized carbons (Fsp3) is 0.115. The van der Waals surface area contributed by atoms with Gasteiger partial charge in [-0.1, -0.05) is 67.6 Å². The van der Waals surface area contributed by atoms with Crippen LogP contribution < -0.4 is 5.32 Å². The number of halogens is 1. The predicted molar refractivity (Wildman–Crippen MR) is 121 cm³/mol. The van der Waals surface area contributed by atoms with Crippen LogP contribution in [0, 0.1) is 5.82 Å². The van der Waals surface area contributed by atoms with Gasteiger partial charge in [0.1, 0.15) is 11.6 Å². The van der Waals surface area contributed by atoms with Crippen LogP contribution in [-0.4, -0.2) is 22.5 Å². The fourth-order valence-electron chi connectivity index (χ4n) is 3.32. The summed E-state index contributed by atoms with van der Waals surface area (Å²) in [7, 11) is 0. The molecular weight excluding hydrogens is 389 g/mol. The second-order valence-corrected chi connectivity index (χ2v) is 7.41. The first-order valence-corrected chi connectivity index (χ1v) is 10.1. The van der Waals surface area contributed by atoms with Crippen molar-refractivity contribution < 1.29 is 9.18 Å². The van der Waals surface area contributed by atoms with E-state index in [4.69, 9.17) is 0 Å². The zero-order valence-corrected chi connectivity index (χ0v) is 17.1. The molecule has 0 radical (unpaired) electrons. The first-order chi connectivity index (χ1) is 15.1. The molecule has 5 heteroatoms. The third kappa shape index (κ3) is 5.01. The maximum absolute atomic E-state index is 13.1. The largest absolute Gasteiger partial charge is 0.368 e. The minimum absolute atomic E-state index is 0.0246. The normalized spacial score (nSPS) is 11.7. The van der Waals surface area contributed by atoms with Gasteiger partial charge < -0.3 is 5.32 Å². The molecule has 1 aromatic heterocycles. The molecule has 0 saturated heterocycles. The lowest BCUT2D eigenvalue weighted by Crippen LogP contribution is -2.11.